The Hall–Kier alpha value is -0.900. The number of carbonyl (C=O) groups is 1. The van der Waals surface area contributed by atoms with Crippen LogP contribution < -0.4 is 0 Å². The fraction of sp³-hybridized carbons (Fsp3) is 0.0714. The van der Waals surface area contributed by atoms with Crippen molar-refractivity contribution in [2.24, 2.45) is 0 Å². The molecule has 0 N–H and O–H groups in total. The SMILES string of the molecule is Cc1cc(C(=O)c2ccc(Br)c(Cl)c2F)ccc1Cl. The molecule has 0 radical (unpaired) electrons. The fourth-order valence-corrected chi connectivity index (χ4v) is 2.23. The molecule has 0 fully saturated rings. The van der Waals surface area contributed by atoms with Crippen molar-refractivity contribution in [2.45, 2.75) is 6.92 Å². The normalized spacial score (nSPS) is 10.6. The lowest BCUT2D eigenvalue weighted by molar-refractivity contribution is 0.103. The lowest BCUT2D eigenvalue weighted by Crippen LogP contribution is -2.05. The average molecular weight is 362 g/mol. The maximum absolute atomic E-state index is 14.0. The highest BCUT2D eigenvalue weighted by molar-refractivity contribution is 9.10. The number of aryl methyl sites for hydroxylation is 1. The average Bonchev–Trinajstić information content (AvgIpc) is 2.39. The number of halogens is 4. The maximum Gasteiger partial charge on any atom is 0.196 e. The van der Waals surface area contributed by atoms with E-state index >= 15 is 0 Å². The molecule has 2 aromatic rings. The summed E-state index contributed by atoms with van der Waals surface area (Å²) in [7, 11) is 0. The van der Waals surface area contributed by atoms with E-state index in [-0.39, 0.29) is 10.6 Å². The number of hydrogen-bond donors (Lipinski definition) is 0. The lowest BCUT2D eigenvalue weighted by Gasteiger charge is -2.07. The zero-order chi connectivity index (χ0) is 14.2. The Morgan fingerprint density at radius 2 is 1.89 bits per heavy atom. The van der Waals surface area contributed by atoms with Crippen molar-refractivity contribution in [3.05, 3.63) is 67.4 Å². The first kappa shape index (κ1) is 14.5. The van der Waals surface area contributed by atoms with Crippen LogP contribution in [0.15, 0.2) is 34.8 Å². The van der Waals surface area contributed by atoms with Crippen LogP contribution in [0.4, 0.5) is 4.39 Å². The molecule has 0 bridgehead atoms. The third-order valence-corrected chi connectivity index (χ3v) is 4.38. The number of carbonyl (C=O) groups excluding carboxylic acids is 1. The van der Waals surface area contributed by atoms with Gasteiger partial charge in [-0.1, -0.05) is 23.2 Å². The molecule has 0 saturated carbocycles. The smallest absolute Gasteiger partial charge is 0.196 e. The van der Waals surface area contributed by atoms with Crippen LogP contribution >= 0.6 is 39.1 Å². The highest BCUT2D eigenvalue weighted by Gasteiger charge is 2.18. The van der Waals surface area contributed by atoms with E-state index in [4.69, 9.17) is 23.2 Å². The second kappa shape index (κ2) is 5.61. The minimum Gasteiger partial charge on any atom is -0.288 e. The van der Waals surface area contributed by atoms with E-state index in [2.05, 4.69) is 15.9 Å². The van der Waals surface area contributed by atoms with Crippen molar-refractivity contribution in [1.82, 2.24) is 0 Å². The Morgan fingerprint density at radius 1 is 1.21 bits per heavy atom. The van der Waals surface area contributed by atoms with Gasteiger partial charge in [0, 0.05) is 15.1 Å². The molecule has 0 aromatic heterocycles. The molecule has 0 aliphatic carbocycles. The number of ketones is 1. The fourth-order valence-electron chi connectivity index (χ4n) is 1.64. The molecule has 0 spiro atoms. The van der Waals surface area contributed by atoms with Crippen LogP contribution in [0.25, 0.3) is 0 Å². The molecule has 0 aliphatic heterocycles. The summed E-state index contributed by atoms with van der Waals surface area (Å²) in [5.41, 5.74) is 1.07. The minimum atomic E-state index is -0.728. The third-order valence-electron chi connectivity index (χ3n) is 2.70. The first-order chi connectivity index (χ1) is 8.91. The predicted molar refractivity (Wildman–Crippen MR) is 78.7 cm³/mol. The Morgan fingerprint density at radius 3 is 2.53 bits per heavy atom. The van der Waals surface area contributed by atoms with Gasteiger partial charge in [0.2, 0.25) is 0 Å². The molecule has 2 rings (SSSR count). The van der Waals surface area contributed by atoms with Gasteiger partial charge in [-0.05, 0) is 58.7 Å². The van der Waals surface area contributed by atoms with Crippen LogP contribution in [0.5, 0.6) is 0 Å². The van der Waals surface area contributed by atoms with E-state index in [9.17, 15) is 9.18 Å². The number of benzene rings is 2. The van der Waals surface area contributed by atoms with Gasteiger partial charge in [0.25, 0.3) is 0 Å². The maximum atomic E-state index is 14.0. The quantitative estimate of drug-likeness (QED) is 0.514. The molecule has 0 heterocycles. The summed E-state index contributed by atoms with van der Waals surface area (Å²) >= 11 is 14.8. The van der Waals surface area contributed by atoms with Crippen LogP contribution in [0, 0.1) is 12.7 Å². The van der Waals surface area contributed by atoms with Crippen molar-refractivity contribution in [3.8, 4) is 0 Å². The Bertz CT molecular complexity index is 671. The summed E-state index contributed by atoms with van der Waals surface area (Å²) in [4.78, 5) is 12.2. The molecule has 0 saturated heterocycles. The standard InChI is InChI=1S/C14H8BrCl2FO/c1-7-6-8(2-5-11(7)16)14(19)9-3-4-10(15)12(17)13(9)18/h2-6H,1H3. The summed E-state index contributed by atoms with van der Waals surface area (Å²) in [6.07, 6.45) is 0. The Kier molecular flexibility index (Phi) is 4.29. The van der Waals surface area contributed by atoms with E-state index < -0.39 is 11.6 Å². The van der Waals surface area contributed by atoms with Crippen LogP contribution in [-0.2, 0) is 0 Å². The summed E-state index contributed by atoms with van der Waals surface area (Å²) in [5.74, 6) is -1.15. The minimum absolute atomic E-state index is 0.0603. The molecule has 0 aliphatic rings. The van der Waals surface area contributed by atoms with Gasteiger partial charge >= 0.3 is 0 Å². The second-order valence-corrected chi connectivity index (χ2v) is 5.66. The predicted octanol–water partition coefficient (Wildman–Crippen LogP) is 5.43. The van der Waals surface area contributed by atoms with Gasteiger partial charge in [0.1, 0.15) is 0 Å². The molecular formula is C14H8BrCl2FO. The first-order valence-corrected chi connectivity index (χ1v) is 6.91. The van der Waals surface area contributed by atoms with E-state index in [0.29, 0.717) is 15.1 Å². The highest BCUT2D eigenvalue weighted by Crippen LogP contribution is 2.29. The van der Waals surface area contributed by atoms with Crippen molar-refractivity contribution < 1.29 is 9.18 Å². The van der Waals surface area contributed by atoms with Gasteiger partial charge in [-0.25, -0.2) is 4.39 Å². The number of hydrogen-bond acceptors (Lipinski definition) is 1. The van der Waals surface area contributed by atoms with Crippen LogP contribution in [0.1, 0.15) is 21.5 Å². The van der Waals surface area contributed by atoms with Gasteiger partial charge in [-0.15, -0.1) is 0 Å². The molecule has 0 atom stereocenters. The van der Waals surface area contributed by atoms with Crippen molar-refractivity contribution in [3.63, 3.8) is 0 Å². The van der Waals surface area contributed by atoms with Crippen molar-refractivity contribution >= 4 is 44.9 Å². The second-order valence-electron chi connectivity index (χ2n) is 4.02. The third kappa shape index (κ3) is 2.83. The van der Waals surface area contributed by atoms with Gasteiger partial charge in [-0.2, -0.15) is 0 Å². The van der Waals surface area contributed by atoms with Crippen molar-refractivity contribution in [1.29, 1.82) is 0 Å². The molecule has 98 valence electrons. The van der Waals surface area contributed by atoms with Crippen LogP contribution in [-0.4, -0.2) is 5.78 Å². The summed E-state index contributed by atoms with van der Waals surface area (Å²) in [6, 6.07) is 7.74. The van der Waals surface area contributed by atoms with E-state index in [0.717, 1.165) is 5.56 Å². The monoisotopic (exact) mass is 360 g/mol. The van der Waals surface area contributed by atoms with E-state index in [1.165, 1.54) is 6.07 Å². The Labute approximate surface area is 128 Å². The molecular weight excluding hydrogens is 354 g/mol. The largest absolute Gasteiger partial charge is 0.288 e. The van der Waals surface area contributed by atoms with Gasteiger partial charge in [0.15, 0.2) is 11.6 Å². The van der Waals surface area contributed by atoms with E-state index in [1.54, 1.807) is 31.2 Å². The molecule has 2 aromatic carbocycles. The molecule has 19 heavy (non-hydrogen) atoms. The molecule has 5 heteroatoms. The van der Waals surface area contributed by atoms with Gasteiger partial charge < -0.3 is 0 Å². The van der Waals surface area contributed by atoms with Gasteiger partial charge in [0.05, 0.1) is 10.6 Å². The van der Waals surface area contributed by atoms with Crippen molar-refractivity contribution in [2.75, 3.05) is 0 Å². The first-order valence-electron chi connectivity index (χ1n) is 5.36. The Balaban J connectivity index is 2.50. The molecule has 0 amide bonds. The van der Waals surface area contributed by atoms with E-state index in [1.807, 2.05) is 0 Å². The zero-order valence-electron chi connectivity index (χ0n) is 9.81. The summed E-state index contributed by atoms with van der Waals surface area (Å²) in [6.45, 7) is 1.78. The van der Waals surface area contributed by atoms with Crippen LogP contribution in [0.3, 0.4) is 0 Å². The zero-order valence-corrected chi connectivity index (χ0v) is 12.9. The summed E-state index contributed by atoms with van der Waals surface area (Å²) < 4.78 is 14.4. The van der Waals surface area contributed by atoms with Gasteiger partial charge in [-0.3, -0.25) is 4.79 Å². The molecule has 1 nitrogen and oxygen atoms in total. The summed E-state index contributed by atoms with van der Waals surface area (Å²) in [5, 5.41) is 0.461. The topological polar surface area (TPSA) is 17.1 Å². The highest BCUT2D eigenvalue weighted by atomic mass is 79.9. The van der Waals surface area contributed by atoms with Crippen LogP contribution in [0.2, 0.25) is 10.0 Å². The molecule has 0 unspecified atom stereocenters. The lowest BCUT2D eigenvalue weighted by atomic mass is 10.0. The number of rotatable bonds is 2.